The Morgan fingerprint density at radius 3 is 2.11 bits per heavy atom. The predicted molar refractivity (Wildman–Crippen MR) is 134 cm³/mol. The van der Waals surface area contributed by atoms with E-state index in [2.05, 4.69) is 17.6 Å². The molecule has 0 aliphatic heterocycles. The summed E-state index contributed by atoms with van der Waals surface area (Å²) in [6.07, 6.45) is 4.02. The summed E-state index contributed by atoms with van der Waals surface area (Å²) in [5, 5.41) is 6.56. The van der Waals surface area contributed by atoms with E-state index in [1.165, 1.54) is 5.06 Å². The van der Waals surface area contributed by atoms with Crippen LogP contribution in [0, 0.1) is 5.92 Å². The smallest absolute Gasteiger partial charge is 0.408 e. The zero-order valence-corrected chi connectivity index (χ0v) is 20.7. The molecular formula is C27H37N3O5. The summed E-state index contributed by atoms with van der Waals surface area (Å²) in [5.41, 5.74) is 1.80. The van der Waals surface area contributed by atoms with Crippen molar-refractivity contribution < 1.29 is 24.0 Å². The number of benzene rings is 2. The van der Waals surface area contributed by atoms with Crippen LogP contribution in [0.15, 0.2) is 60.7 Å². The van der Waals surface area contributed by atoms with Gasteiger partial charge in [-0.1, -0.05) is 93.8 Å². The van der Waals surface area contributed by atoms with Crippen LogP contribution in [0.5, 0.6) is 0 Å². The molecule has 0 aromatic heterocycles. The Bertz CT molecular complexity index is 879. The highest BCUT2D eigenvalue weighted by atomic mass is 16.7. The summed E-state index contributed by atoms with van der Waals surface area (Å²) in [6, 6.07) is 18.5. The summed E-state index contributed by atoms with van der Waals surface area (Å²) in [6.45, 7) is 4.32. The fraction of sp³-hybridized carbons (Fsp3) is 0.444. The zero-order valence-electron chi connectivity index (χ0n) is 20.7. The average molecular weight is 484 g/mol. The minimum absolute atomic E-state index is 0.0703. The molecule has 2 aromatic carbocycles. The SMILES string of the molecule is CCCCCC(C(=O)NCNC(=O)OCc1ccccc1)C(CC)N(C=O)OCc1ccccc1. The predicted octanol–water partition coefficient (Wildman–Crippen LogP) is 4.55. The summed E-state index contributed by atoms with van der Waals surface area (Å²) < 4.78 is 5.17. The number of alkyl carbamates (subject to hydrolysis) is 1. The van der Waals surface area contributed by atoms with Crippen LogP contribution in [-0.4, -0.2) is 36.2 Å². The van der Waals surface area contributed by atoms with Gasteiger partial charge in [0.05, 0.1) is 18.6 Å². The van der Waals surface area contributed by atoms with Gasteiger partial charge in [-0.3, -0.25) is 14.4 Å². The first-order valence-corrected chi connectivity index (χ1v) is 12.2. The van der Waals surface area contributed by atoms with Crippen LogP contribution >= 0.6 is 0 Å². The Kier molecular flexibility index (Phi) is 12.9. The fourth-order valence-electron chi connectivity index (χ4n) is 3.79. The average Bonchev–Trinajstić information content (AvgIpc) is 2.89. The number of rotatable bonds is 16. The van der Waals surface area contributed by atoms with Gasteiger partial charge in [0.15, 0.2) is 0 Å². The van der Waals surface area contributed by atoms with Crippen LogP contribution in [0.1, 0.15) is 57.1 Å². The molecule has 0 fully saturated rings. The second-order valence-electron chi connectivity index (χ2n) is 8.26. The van der Waals surface area contributed by atoms with Crippen molar-refractivity contribution in [3.05, 3.63) is 71.8 Å². The summed E-state index contributed by atoms with van der Waals surface area (Å²) in [7, 11) is 0. The third-order valence-electron chi connectivity index (χ3n) is 5.70. The molecular weight excluding hydrogens is 446 g/mol. The van der Waals surface area contributed by atoms with E-state index in [0.29, 0.717) is 19.3 Å². The Balaban J connectivity index is 1.92. The number of unbranched alkanes of at least 4 members (excludes halogenated alkanes) is 2. The van der Waals surface area contributed by atoms with Gasteiger partial charge in [-0.05, 0) is 24.0 Å². The van der Waals surface area contributed by atoms with Crippen molar-refractivity contribution in [1.29, 1.82) is 0 Å². The van der Waals surface area contributed by atoms with E-state index in [1.807, 2.05) is 67.6 Å². The lowest BCUT2D eigenvalue weighted by molar-refractivity contribution is -0.200. The largest absolute Gasteiger partial charge is 0.445 e. The fourth-order valence-corrected chi connectivity index (χ4v) is 3.79. The minimum atomic E-state index is -0.621. The van der Waals surface area contributed by atoms with E-state index < -0.39 is 18.1 Å². The normalized spacial score (nSPS) is 12.3. The number of amides is 3. The minimum Gasteiger partial charge on any atom is -0.445 e. The van der Waals surface area contributed by atoms with Gasteiger partial charge in [0.25, 0.3) is 0 Å². The van der Waals surface area contributed by atoms with Crippen molar-refractivity contribution in [3.63, 3.8) is 0 Å². The molecule has 2 atom stereocenters. The van der Waals surface area contributed by atoms with Crippen LogP contribution in [0.2, 0.25) is 0 Å². The van der Waals surface area contributed by atoms with Gasteiger partial charge in [-0.15, -0.1) is 0 Å². The number of carbonyl (C=O) groups is 3. The number of hydrogen-bond donors (Lipinski definition) is 2. The monoisotopic (exact) mass is 483 g/mol. The number of hydroxylamine groups is 2. The quantitative estimate of drug-likeness (QED) is 0.158. The van der Waals surface area contributed by atoms with Gasteiger partial charge in [0.2, 0.25) is 12.3 Å². The van der Waals surface area contributed by atoms with Gasteiger partial charge in [0.1, 0.15) is 13.2 Å². The first kappa shape index (κ1) is 27.9. The number of ether oxygens (including phenoxy) is 1. The van der Waals surface area contributed by atoms with E-state index in [-0.39, 0.29) is 25.8 Å². The number of carbonyl (C=O) groups excluding carboxylic acids is 3. The van der Waals surface area contributed by atoms with Crippen LogP contribution in [0.25, 0.3) is 0 Å². The maximum absolute atomic E-state index is 13.1. The summed E-state index contributed by atoms with van der Waals surface area (Å²) in [4.78, 5) is 42.7. The molecule has 0 saturated heterocycles. The maximum atomic E-state index is 13.1. The highest BCUT2D eigenvalue weighted by Gasteiger charge is 2.32. The van der Waals surface area contributed by atoms with Crippen molar-refractivity contribution in [2.24, 2.45) is 5.92 Å². The lowest BCUT2D eigenvalue weighted by atomic mass is 9.90. The van der Waals surface area contributed by atoms with Crippen molar-refractivity contribution >= 4 is 18.4 Å². The van der Waals surface area contributed by atoms with Crippen LogP contribution in [0.4, 0.5) is 4.79 Å². The van der Waals surface area contributed by atoms with Gasteiger partial charge >= 0.3 is 6.09 Å². The van der Waals surface area contributed by atoms with Crippen molar-refractivity contribution in [2.45, 2.75) is 65.2 Å². The Hall–Kier alpha value is -3.39. The van der Waals surface area contributed by atoms with Crippen molar-refractivity contribution in [1.82, 2.24) is 15.7 Å². The van der Waals surface area contributed by atoms with Gasteiger partial charge < -0.3 is 15.4 Å². The van der Waals surface area contributed by atoms with Gasteiger partial charge in [-0.25, -0.2) is 9.86 Å². The van der Waals surface area contributed by atoms with E-state index in [9.17, 15) is 14.4 Å². The van der Waals surface area contributed by atoms with Gasteiger partial charge in [-0.2, -0.15) is 0 Å². The van der Waals surface area contributed by atoms with E-state index in [0.717, 1.165) is 30.4 Å². The molecule has 2 N–H and O–H groups in total. The molecule has 2 unspecified atom stereocenters. The number of nitrogens with one attached hydrogen (secondary N) is 2. The highest BCUT2D eigenvalue weighted by Crippen LogP contribution is 2.22. The molecule has 0 aliphatic carbocycles. The Labute approximate surface area is 207 Å². The lowest BCUT2D eigenvalue weighted by Gasteiger charge is -2.32. The first-order chi connectivity index (χ1) is 17.1. The molecule has 0 bridgehead atoms. The van der Waals surface area contributed by atoms with Crippen LogP contribution in [0.3, 0.4) is 0 Å². The molecule has 35 heavy (non-hydrogen) atoms. The molecule has 0 heterocycles. The molecule has 0 radical (unpaired) electrons. The van der Waals surface area contributed by atoms with E-state index in [1.54, 1.807) is 0 Å². The maximum Gasteiger partial charge on any atom is 0.408 e. The Morgan fingerprint density at radius 1 is 0.914 bits per heavy atom. The Morgan fingerprint density at radius 2 is 1.54 bits per heavy atom. The first-order valence-electron chi connectivity index (χ1n) is 12.2. The van der Waals surface area contributed by atoms with E-state index >= 15 is 0 Å². The van der Waals surface area contributed by atoms with Crippen molar-refractivity contribution in [3.8, 4) is 0 Å². The molecule has 2 rings (SSSR count). The topological polar surface area (TPSA) is 97.0 Å². The van der Waals surface area contributed by atoms with Crippen LogP contribution in [-0.2, 0) is 32.4 Å². The molecule has 8 nitrogen and oxygen atoms in total. The van der Waals surface area contributed by atoms with Crippen LogP contribution < -0.4 is 10.6 Å². The molecule has 2 aromatic rings. The molecule has 0 saturated carbocycles. The second kappa shape index (κ2) is 16.3. The molecule has 0 aliphatic rings. The lowest BCUT2D eigenvalue weighted by Crippen LogP contribution is -2.48. The molecule has 0 spiro atoms. The summed E-state index contributed by atoms with van der Waals surface area (Å²) >= 11 is 0. The molecule has 8 heteroatoms. The van der Waals surface area contributed by atoms with Gasteiger partial charge in [0, 0.05) is 0 Å². The standard InChI is InChI=1S/C27H37N3O5/c1-3-5-8-17-24(25(4-2)30(21-31)35-19-23-15-11-7-12-16-23)26(32)28-20-29-27(33)34-18-22-13-9-6-10-14-22/h6-7,9-16,21,24-25H,3-5,8,17-20H2,1-2H3,(H,28,32)(H,29,33). The zero-order chi connectivity index (χ0) is 25.3. The molecule has 3 amide bonds. The van der Waals surface area contributed by atoms with E-state index in [4.69, 9.17) is 9.57 Å². The second-order valence-corrected chi connectivity index (χ2v) is 8.26. The number of hydrogen-bond acceptors (Lipinski definition) is 5. The molecule has 190 valence electrons. The third kappa shape index (κ3) is 10.2. The third-order valence-corrected chi connectivity index (χ3v) is 5.70. The number of nitrogens with zero attached hydrogens (tertiary/aromatic N) is 1. The summed E-state index contributed by atoms with van der Waals surface area (Å²) in [5.74, 6) is -0.721. The van der Waals surface area contributed by atoms with Crippen molar-refractivity contribution in [2.75, 3.05) is 6.67 Å². The highest BCUT2D eigenvalue weighted by molar-refractivity contribution is 5.80.